The van der Waals surface area contributed by atoms with Crippen molar-refractivity contribution in [3.05, 3.63) is 75.5 Å². The Bertz CT molecular complexity index is 691. The van der Waals surface area contributed by atoms with E-state index in [0.717, 1.165) is 0 Å². The second-order valence-corrected chi connectivity index (χ2v) is 4.45. The molecule has 0 bridgehead atoms. The van der Waals surface area contributed by atoms with Crippen LogP contribution in [0.5, 0.6) is 11.5 Å². The molecule has 100 valence electrons. The van der Waals surface area contributed by atoms with E-state index in [0.29, 0.717) is 16.9 Å². The molecule has 0 fully saturated rings. The minimum atomic E-state index is -0.777. The van der Waals surface area contributed by atoms with Crippen molar-refractivity contribution in [1.29, 1.82) is 0 Å². The van der Waals surface area contributed by atoms with Gasteiger partial charge in [-0.15, -0.1) is 0 Å². The lowest BCUT2D eigenvalue weighted by Crippen LogP contribution is -2.19. The summed E-state index contributed by atoms with van der Waals surface area (Å²) in [6.07, 6.45) is 0.747. The van der Waals surface area contributed by atoms with Crippen molar-refractivity contribution in [2.24, 2.45) is 0 Å². The van der Waals surface area contributed by atoms with Crippen LogP contribution in [0.1, 0.15) is 17.2 Å². The van der Waals surface area contributed by atoms with E-state index < -0.39 is 11.0 Å². The fourth-order valence-electron chi connectivity index (χ4n) is 2.17. The SMILES string of the molecule is O=[N+]([O-])C1=Cc2ccccc2OC1c1ccc(O)cc1. The van der Waals surface area contributed by atoms with Crippen LogP contribution in [-0.2, 0) is 0 Å². The summed E-state index contributed by atoms with van der Waals surface area (Å²) in [6.45, 7) is 0. The minimum Gasteiger partial charge on any atom is -0.508 e. The van der Waals surface area contributed by atoms with Crippen LogP contribution in [0.2, 0.25) is 0 Å². The van der Waals surface area contributed by atoms with Crippen LogP contribution < -0.4 is 4.74 Å². The van der Waals surface area contributed by atoms with Crippen molar-refractivity contribution in [3.8, 4) is 11.5 Å². The fourth-order valence-corrected chi connectivity index (χ4v) is 2.17. The van der Waals surface area contributed by atoms with E-state index in [1.165, 1.54) is 18.2 Å². The van der Waals surface area contributed by atoms with Crippen LogP contribution in [0, 0.1) is 10.1 Å². The molecule has 0 radical (unpaired) electrons. The topological polar surface area (TPSA) is 72.6 Å². The molecule has 20 heavy (non-hydrogen) atoms. The first kappa shape index (κ1) is 12.2. The molecule has 0 aliphatic carbocycles. The molecule has 3 rings (SSSR count). The summed E-state index contributed by atoms with van der Waals surface area (Å²) in [7, 11) is 0. The molecule has 0 saturated heterocycles. The second-order valence-electron chi connectivity index (χ2n) is 4.45. The normalized spacial score (nSPS) is 16.8. The quantitative estimate of drug-likeness (QED) is 0.671. The van der Waals surface area contributed by atoms with Gasteiger partial charge in [-0.1, -0.05) is 30.3 Å². The Kier molecular flexibility index (Phi) is 2.87. The molecule has 2 aromatic carbocycles. The maximum atomic E-state index is 11.2. The molecule has 0 amide bonds. The minimum absolute atomic E-state index is 0.0191. The number of ether oxygens (including phenoxy) is 1. The smallest absolute Gasteiger partial charge is 0.291 e. The molecule has 0 saturated carbocycles. The van der Waals surface area contributed by atoms with Gasteiger partial charge in [0, 0.05) is 17.2 Å². The lowest BCUT2D eigenvalue weighted by molar-refractivity contribution is -0.434. The number of aromatic hydroxyl groups is 1. The summed E-state index contributed by atoms with van der Waals surface area (Å²) >= 11 is 0. The maximum absolute atomic E-state index is 11.2. The highest BCUT2D eigenvalue weighted by atomic mass is 16.6. The van der Waals surface area contributed by atoms with Gasteiger partial charge in [0.1, 0.15) is 11.5 Å². The summed E-state index contributed by atoms with van der Waals surface area (Å²) < 4.78 is 5.74. The Hall–Kier alpha value is -2.82. The maximum Gasteiger partial charge on any atom is 0.291 e. The molecule has 1 atom stereocenters. The Morgan fingerprint density at radius 1 is 1.10 bits per heavy atom. The summed E-state index contributed by atoms with van der Waals surface area (Å²) in [4.78, 5) is 10.8. The van der Waals surface area contributed by atoms with E-state index in [4.69, 9.17) is 4.74 Å². The summed E-state index contributed by atoms with van der Waals surface area (Å²) in [5, 5.41) is 20.5. The van der Waals surface area contributed by atoms with Crippen molar-refractivity contribution >= 4 is 6.08 Å². The molecule has 1 heterocycles. The first-order valence-corrected chi connectivity index (χ1v) is 6.06. The number of benzene rings is 2. The fraction of sp³-hybridized carbons (Fsp3) is 0.0667. The van der Waals surface area contributed by atoms with Crippen molar-refractivity contribution in [2.45, 2.75) is 6.10 Å². The number of fused-ring (bicyclic) bond motifs is 1. The average Bonchev–Trinajstić information content (AvgIpc) is 2.46. The first-order chi connectivity index (χ1) is 9.65. The van der Waals surface area contributed by atoms with Crippen molar-refractivity contribution < 1.29 is 14.8 Å². The van der Waals surface area contributed by atoms with Gasteiger partial charge in [-0.25, -0.2) is 0 Å². The van der Waals surface area contributed by atoms with Gasteiger partial charge in [-0.05, 0) is 18.2 Å². The van der Waals surface area contributed by atoms with E-state index in [1.807, 2.05) is 6.07 Å². The third kappa shape index (κ3) is 2.09. The molecule has 5 heteroatoms. The Balaban J connectivity index is 2.08. The van der Waals surface area contributed by atoms with Crippen LogP contribution >= 0.6 is 0 Å². The third-order valence-electron chi connectivity index (χ3n) is 3.14. The number of phenolic OH excluding ortho intramolecular Hbond substituents is 1. The Morgan fingerprint density at radius 2 is 1.80 bits per heavy atom. The molecule has 1 aliphatic heterocycles. The molecular formula is C15H11NO4. The van der Waals surface area contributed by atoms with Gasteiger partial charge in [0.25, 0.3) is 5.70 Å². The van der Waals surface area contributed by atoms with Crippen LogP contribution in [0.4, 0.5) is 0 Å². The van der Waals surface area contributed by atoms with E-state index >= 15 is 0 Å². The van der Waals surface area contributed by atoms with Gasteiger partial charge in [-0.2, -0.15) is 0 Å². The van der Waals surface area contributed by atoms with E-state index in [9.17, 15) is 15.2 Å². The first-order valence-electron chi connectivity index (χ1n) is 6.06. The molecular weight excluding hydrogens is 258 g/mol. The van der Waals surface area contributed by atoms with Gasteiger partial charge in [0.05, 0.1) is 4.92 Å². The molecule has 0 spiro atoms. The van der Waals surface area contributed by atoms with E-state index in [1.54, 1.807) is 30.3 Å². The second kappa shape index (κ2) is 4.70. The lowest BCUT2D eigenvalue weighted by Gasteiger charge is -2.22. The lowest BCUT2D eigenvalue weighted by atomic mass is 10.0. The molecule has 5 nitrogen and oxygen atoms in total. The van der Waals surface area contributed by atoms with Gasteiger partial charge in [0.15, 0.2) is 0 Å². The molecule has 1 aliphatic rings. The predicted octanol–water partition coefficient (Wildman–Crippen LogP) is 3.14. The zero-order valence-corrected chi connectivity index (χ0v) is 10.4. The average molecular weight is 269 g/mol. The van der Waals surface area contributed by atoms with E-state index in [-0.39, 0.29) is 11.4 Å². The largest absolute Gasteiger partial charge is 0.508 e. The highest BCUT2D eigenvalue weighted by molar-refractivity contribution is 5.62. The number of nitro groups is 1. The van der Waals surface area contributed by atoms with Crippen LogP contribution in [0.25, 0.3) is 6.08 Å². The number of phenols is 1. The zero-order valence-electron chi connectivity index (χ0n) is 10.4. The highest BCUT2D eigenvalue weighted by Crippen LogP contribution is 2.37. The predicted molar refractivity (Wildman–Crippen MR) is 72.9 cm³/mol. The summed E-state index contributed by atoms with van der Waals surface area (Å²) in [6, 6.07) is 13.4. The van der Waals surface area contributed by atoms with Crippen LogP contribution in [0.15, 0.2) is 54.2 Å². The standard InChI is InChI=1S/C15H11NO4/c17-12-7-5-10(6-8-12)15-13(16(18)19)9-11-3-1-2-4-14(11)20-15/h1-9,15,17H. The van der Waals surface area contributed by atoms with Gasteiger partial charge in [-0.3, -0.25) is 10.1 Å². The number of hydrogen-bond acceptors (Lipinski definition) is 4. The van der Waals surface area contributed by atoms with Gasteiger partial charge in [0.2, 0.25) is 6.10 Å². The molecule has 2 aromatic rings. The van der Waals surface area contributed by atoms with E-state index in [2.05, 4.69) is 0 Å². The summed E-state index contributed by atoms with van der Waals surface area (Å²) in [5.74, 6) is 0.716. The third-order valence-corrected chi connectivity index (χ3v) is 3.14. The number of para-hydroxylation sites is 1. The molecule has 0 aromatic heterocycles. The number of hydrogen-bond donors (Lipinski definition) is 1. The zero-order chi connectivity index (χ0) is 14.1. The Morgan fingerprint density at radius 3 is 2.50 bits per heavy atom. The summed E-state index contributed by atoms with van der Waals surface area (Å²) in [5.41, 5.74) is 1.30. The van der Waals surface area contributed by atoms with Gasteiger partial charge < -0.3 is 9.84 Å². The van der Waals surface area contributed by atoms with Crippen LogP contribution in [0.3, 0.4) is 0 Å². The Labute approximate surface area is 114 Å². The van der Waals surface area contributed by atoms with Gasteiger partial charge >= 0.3 is 0 Å². The van der Waals surface area contributed by atoms with Crippen molar-refractivity contribution in [2.75, 3.05) is 0 Å². The molecule has 1 unspecified atom stereocenters. The van der Waals surface area contributed by atoms with Crippen LogP contribution in [-0.4, -0.2) is 10.0 Å². The monoisotopic (exact) mass is 269 g/mol. The molecule has 1 N–H and O–H groups in total. The number of rotatable bonds is 2. The van der Waals surface area contributed by atoms with Crippen molar-refractivity contribution in [3.63, 3.8) is 0 Å². The highest BCUT2D eigenvalue weighted by Gasteiger charge is 2.32. The number of nitrogens with zero attached hydrogens (tertiary/aromatic N) is 1. The van der Waals surface area contributed by atoms with Crippen molar-refractivity contribution in [1.82, 2.24) is 0 Å².